The van der Waals surface area contributed by atoms with E-state index in [-0.39, 0.29) is 0 Å². The van der Waals surface area contributed by atoms with Crippen molar-refractivity contribution in [2.75, 3.05) is 5.32 Å². The molecular formula is C8H6IN3S. The van der Waals surface area contributed by atoms with Crippen LogP contribution < -0.4 is 10.6 Å². The van der Waals surface area contributed by atoms with Crippen molar-refractivity contribution in [1.82, 2.24) is 5.32 Å². The molecule has 0 heterocycles. The monoisotopic (exact) mass is 303 g/mol. The first-order valence-corrected chi connectivity index (χ1v) is 4.93. The number of hydrogen-bond acceptors (Lipinski definition) is 2. The van der Waals surface area contributed by atoms with Gasteiger partial charge >= 0.3 is 0 Å². The lowest BCUT2D eigenvalue weighted by atomic mass is 10.3. The summed E-state index contributed by atoms with van der Waals surface area (Å²) >= 11 is 7.04. The molecule has 0 atom stereocenters. The summed E-state index contributed by atoms with van der Waals surface area (Å²) in [5.74, 6) is 0. The molecule has 0 aromatic heterocycles. The van der Waals surface area contributed by atoms with E-state index in [0.717, 1.165) is 9.26 Å². The second-order valence-electron chi connectivity index (χ2n) is 2.20. The molecule has 5 heteroatoms. The van der Waals surface area contributed by atoms with Gasteiger partial charge in [-0.05, 0) is 59.1 Å². The number of nitriles is 1. The van der Waals surface area contributed by atoms with Gasteiger partial charge in [0, 0.05) is 9.26 Å². The van der Waals surface area contributed by atoms with Crippen molar-refractivity contribution in [2.24, 2.45) is 0 Å². The first-order chi connectivity index (χ1) is 6.22. The van der Waals surface area contributed by atoms with E-state index in [9.17, 15) is 0 Å². The third kappa shape index (κ3) is 3.57. The summed E-state index contributed by atoms with van der Waals surface area (Å²) in [5.41, 5.74) is 0.869. The minimum absolute atomic E-state index is 0.309. The Labute approximate surface area is 95.3 Å². The van der Waals surface area contributed by atoms with Crippen molar-refractivity contribution < 1.29 is 0 Å². The Hall–Kier alpha value is -0.870. The fourth-order valence-electron chi connectivity index (χ4n) is 0.746. The summed E-state index contributed by atoms with van der Waals surface area (Å²) in [4.78, 5) is 0. The molecule has 0 radical (unpaired) electrons. The lowest BCUT2D eigenvalue weighted by molar-refractivity contribution is 1.28. The van der Waals surface area contributed by atoms with Crippen molar-refractivity contribution in [2.45, 2.75) is 0 Å². The molecule has 0 saturated heterocycles. The van der Waals surface area contributed by atoms with Crippen molar-refractivity contribution in [1.29, 1.82) is 5.26 Å². The topological polar surface area (TPSA) is 47.9 Å². The van der Waals surface area contributed by atoms with Crippen LogP contribution in [-0.2, 0) is 0 Å². The summed E-state index contributed by atoms with van der Waals surface area (Å²) in [5, 5.41) is 13.8. The van der Waals surface area contributed by atoms with Gasteiger partial charge in [0.05, 0.1) is 0 Å². The molecule has 1 rings (SSSR count). The third-order valence-electron chi connectivity index (χ3n) is 1.27. The summed E-state index contributed by atoms with van der Waals surface area (Å²) < 4.78 is 1.15. The number of benzene rings is 1. The maximum absolute atomic E-state index is 8.27. The second kappa shape index (κ2) is 4.99. The van der Waals surface area contributed by atoms with E-state index >= 15 is 0 Å². The van der Waals surface area contributed by atoms with Gasteiger partial charge in [0.15, 0.2) is 11.3 Å². The molecular weight excluding hydrogens is 297 g/mol. The quantitative estimate of drug-likeness (QED) is 0.361. The van der Waals surface area contributed by atoms with E-state index in [1.54, 1.807) is 6.19 Å². The molecule has 13 heavy (non-hydrogen) atoms. The predicted molar refractivity (Wildman–Crippen MR) is 64.1 cm³/mol. The zero-order chi connectivity index (χ0) is 9.68. The third-order valence-corrected chi connectivity index (χ3v) is 2.19. The van der Waals surface area contributed by atoms with Gasteiger partial charge in [-0.2, -0.15) is 5.26 Å². The van der Waals surface area contributed by atoms with Crippen LogP contribution in [0.15, 0.2) is 24.3 Å². The van der Waals surface area contributed by atoms with E-state index in [2.05, 4.69) is 33.2 Å². The maximum Gasteiger partial charge on any atom is 0.184 e. The smallest absolute Gasteiger partial charge is 0.184 e. The van der Waals surface area contributed by atoms with Gasteiger partial charge in [-0.3, -0.25) is 5.32 Å². The predicted octanol–water partition coefficient (Wildman–Crippen LogP) is 2.06. The van der Waals surface area contributed by atoms with Crippen LogP contribution in [0, 0.1) is 15.0 Å². The number of rotatable bonds is 1. The van der Waals surface area contributed by atoms with Crippen LogP contribution in [0.3, 0.4) is 0 Å². The Balaban J connectivity index is 2.60. The van der Waals surface area contributed by atoms with Crippen LogP contribution >= 0.6 is 34.8 Å². The van der Waals surface area contributed by atoms with Crippen LogP contribution in [0.2, 0.25) is 0 Å². The summed E-state index contributed by atoms with van der Waals surface area (Å²) in [6.45, 7) is 0. The van der Waals surface area contributed by atoms with Gasteiger partial charge in [0.1, 0.15) is 0 Å². The van der Waals surface area contributed by atoms with E-state index in [4.69, 9.17) is 17.5 Å². The van der Waals surface area contributed by atoms with E-state index in [1.165, 1.54) is 0 Å². The molecule has 0 unspecified atom stereocenters. The number of nitrogens with zero attached hydrogens (tertiary/aromatic N) is 1. The summed E-state index contributed by atoms with van der Waals surface area (Å²) in [6.07, 6.45) is 1.74. The molecule has 66 valence electrons. The Morgan fingerprint density at radius 1 is 1.38 bits per heavy atom. The Bertz CT molecular complexity index is 341. The Morgan fingerprint density at radius 3 is 2.54 bits per heavy atom. The van der Waals surface area contributed by atoms with Crippen LogP contribution in [0.5, 0.6) is 0 Å². The van der Waals surface area contributed by atoms with Gasteiger partial charge in [0.2, 0.25) is 0 Å². The maximum atomic E-state index is 8.27. The van der Waals surface area contributed by atoms with Gasteiger partial charge in [-0.25, -0.2) is 0 Å². The normalized spacial score (nSPS) is 8.62. The lowest BCUT2D eigenvalue weighted by Crippen LogP contribution is -2.23. The Kier molecular flexibility index (Phi) is 3.92. The van der Waals surface area contributed by atoms with Gasteiger partial charge in [0.25, 0.3) is 0 Å². The minimum Gasteiger partial charge on any atom is -0.332 e. The van der Waals surface area contributed by atoms with E-state index in [1.807, 2.05) is 24.3 Å². The number of nitrogens with one attached hydrogen (secondary N) is 2. The number of anilines is 1. The first-order valence-electron chi connectivity index (χ1n) is 3.44. The summed E-state index contributed by atoms with van der Waals surface area (Å²) in [6, 6.07) is 7.70. The number of thiocarbonyl (C=S) groups is 1. The number of halogens is 1. The molecule has 0 aliphatic carbocycles. The Morgan fingerprint density at radius 2 is 2.00 bits per heavy atom. The van der Waals surface area contributed by atoms with E-state index < -0.39 is 0 Å². The zero-order valence-corrected chi connectivity index (χ0v) is 9.52. The van der Waals surface area contributed by atoms with Crippen molar-refractivity contribution >= 4 is 45.6 Å². The molecule has 0 spiro atoms. The molecule has 0 amide bonds. The zero-order valence-electron chi connectivity index (χ0n) is 6.54. The van der Waals surface area contributed by atoms with Crippen molar-refractivity contribution in [3.8, 4) is 6.19 Å². The largest absolute Gasteiger partial charge is 0.332 e. The highest BCUT2D eigenvalue weighted by Crippen LogP contribution is 2.10. The van der Waals surface area contributed by atoms with Gasteiger partial charge in [-0.15, -0.1) is 0 Å². The first kappa shape index (κ1) is 10.2. The average Bonchev–Trinajstić information content (AvgIpc) is 2.09. The van der Waals surface area contributed by atoms with Crippen LogP contribution in [0.1, 0.15) is 0 Å². The lowest BCUT2D eigenvalue weighted by Gasteiger charge is -2.04. The molecule has 1 aromatic carbocycles. The highest BCUT2D eigenvalue weighted by atomic mass is 127. The fraction of sp³-hybridized carbons (Fsp3) is 0. The molecule has 0 bridgehead atoms. The van der Waals surface area contributed by atoms with Gasteiger partial charge < -0.3 is 5.32 Å². The van der Waals surface area contributed by atoms with Crippen LogP contribution in [0.4, 0.5) is 5.69 Å². The highest BCUT2D eigenvalue weighted by molar-refractivity contribution is 14.1. The molecule has 3 nitrogen and oxygen atoms in total. The van der Waals surface area contributed by atoms with Crippen LogP contribution in [-0.4, -0.2) is 5.11 Å². The molecule has 0 saturated carbocycles. The SMILES string of the molecule is N#CNC(=S)Nc1ccc(I)cc1. The summed E-state index contributed by atoms with van der Waals surface area (Å²) in [7, 11) is 0. The van der Waals surface area contributed by atoms with E-state index in [0.29, 0.717) is 5.11 Å². The van der Waals surface area contributed by atoms with Crippen molar-refractivity contribution in [3.05, 3.63) is 27.8 Å². The average molecular weight is 303 g/mol. The molecule has 2 N–H and O–H groups in total. The minimum atomic E-state index is 0.309. The highest BCUT2D eigenvalue weighted by Gasteiger charge is 1.94. The van der Waals surface area contributed by atoms with Gasteiger partial charge in [-0.1, -0.05) is 0 Å². The van der Waals surface area contributed by atoms with Crippen LogP contribution in [0.25, 0.3) is 0 Å². The molecule has 0 fully saturated rings. The fourth-order valence-corrected chi connectivity index (χ4v) is 1.27. The van der Waals surface area contributed by atoms with Crippen molar-refractivity contribution in [3.63, 3.8) is 0 Å². The molecule has 0 aliphatic heterocycles. The molecule has 0 aliphatic rings. The number of hydrogen-bond donors (Lipinski definition) is 2. The molecule has 1 aromatic rings. The second-order valence-corrected chi connectivity index (χ2v) is 3.85. The standard InChI is InChI=1S/C8H6IN3S/c9-6-1-3-7(4-2-6)12-8(13)11-5-10/h1-4H,(H2,11,12,13).